The second kappa shape index (κ2) is 8.70. The van der Waals surface area contributed by atoms with Gasteiger partial charge in [0.2, 0.25) is 0 Å². The van der Waals surface area contributed by atoms with Crippen LogP contribution in [0.25, 0.3) is 0 Å². The fraction of sp³-hybridized carbons (Fsp3) is 0.375. The Morgan fingerprint density at radius 1 is 0.931 bits per heavy atom. The number of benzene rings is 2. The van der Waals surface area contributed by atoms with Crippen molar-refractivity contribution in [1.82, 2.24) is 0 Å². The number of carboxylic acid groups (broad SMARTS) is 1. The number of ketones is 2. The highest BCUT2D eigenvalue weighted by molar-refractivity contribution is 6.28. The molecule has 1 fully saturated rings. The van der Waals surface area contributed by atoms with E-state index in [1.807, 2.05) is 0 Å². The van der Waals surface area contributed by atoms with Crippen LogP contribution in [0, 0.1) is 0 Å². The summed E-state index contributed by atoms with van der Waals surface area (Å²) in [4.78, 5) is 35.3. The first-order valence-corrected chi connectivity index (χ1v) is 10.2. The zero-order valence-electron chi connectivity index (χ0n) is 17.1. The molecule has 1 aliphatic heterocycles. The maximum Gasteiger partial charge on any atom is 0.194 e. The molecule has 0 aromatic heterocycles. The molecule has 5 nitrogen and oxygen atoms in total. The molecule has 5 heteroatoms. The highest BCUT2D eigenvalue weighted by Crippen LogP contribution is 2.27. The van der Waals surface area contributed by atoms with E-state index in [0.717, 1.165) is 0 Å². The van der Waals surface area contributed by atoms with Crippen LogP contribution in [0.3, 0.4) is 0 Å². The summed E-state index contributed by atoms with van der Waals surface area (Å²) in [5.74, 6) is -1.98. The minimum absolute atomic E-state index is 0.112. The quantitative estimate of drug-likeness (QED) is 0.639. The lowest BCUT2D eigenvalue weighted by Gasteiger charge is -2.28. The molecule has 1 saturated heterocycles. The van der Waals surface area contributed by atoms with E-state index >= 15 is 0 Å². The molecule has 152 valence electrons. The third kappa shape index (κ3) is 4.46. The van der Waals surface area contributed by atoms with Gasteiger partial charge in [0.1, 0.15) is 0 Å². The summed E-state index contributed by atoms with van der Waals surface area (Å²) in [5.41, 5.74) is 0.884. The van der Waals surface area contributed by atoms with Crippen molar-refractivity contribution in [2.45, 2.75) is 32.6 Å². The van der Waals surface area contributed by atoms with Gasteiger partial charge in [0.25, 0.3) is 0 Å². The van der Waals surface area contributed by atoms with Gasteiger partial charge in [-0.25, -0.2) is 0 Å². The van der Waals surface area contributed by atoms with Crippen LogP contribution in [-0.4, -0.2) is 48.7 Å². The summed E-state index contributed by atoms with van der Waals surface area (Å²) in [5, 5.41) is 10.8. The zero-order chi connectivity index (χ0) is 21.0. The molecule has 4 rings (SSSR count). The van der Waals surface area contributed by atoms with Crippen LogP contribution in [0.1, 0.15) is 74.8 Å². The summed E-state index contributed by atoms with van der Waals surface area (Å²) >= 11 is 0. The zero-order valence-corrected chi connectivity index (χ0v) is 17.1. The number of carboxylic acids is 1. The van der Waals surface area contributed by atoms with Gasteiger partial charge in [-0.05, 0) is 24.1 Å². The highest BCUT2D eigenvalue weighted by Gasteiger charge is 2.29. The van der Waals surface area contributed by atoms with E-state index in [9.17, 15) is 19.5 Å². The number of fused-ring (bicyclic) bond motifs is 2. The van der Waals surface area contributed by atoms with Crippen molar-refractivity contribution in [1.29, 1.82) is 0 Å². The molecule has 0 N–H and O–H groups in total. The van der Waals surface area contributed by atoms with Crippen molar-refractivity contribution < 1.29 is 24.0 Å². The summed E-state index contributed by atoms with van der Waals surface area (Å²) < 4.78 is 1.36. The lowest BCUT2D eigenvalue weighted by molar-refractivity contribution is -0.897. The minimum atomic E-state index is -1.37. The van der Waals surface area contributed by atoms with Gasteiger partial charge in [-0.2, -0.15) is 0 Å². The van der Waals surface area contributed by atoms with Gasteiger partial charge < -0.3 is 14.4 Å². The van der Waals surface area contributed by atoms with Crippen LogP contribution < -0.4 is 5.11 Å². The van der Waals surface area contributed by atoms with E-state index in [1.165, 1.54) is 68.0 Å². The fourth-order valence-electron chi connectivity index (χ4n) is 4.09. The van der Waals surface area contributed by atoms with Gasteiger partial charge in [-0.15, -0.1) is 0 Å². The molecule has 1 aliphatic carbocycles. The number of hydrogen-bond acceptors (Lipinski definition) is 4. The number of carbonyl (C=O) groups excluding carboxylic acids is 3. The van der Waals surface area contributed by atoms with Crippen molar-refractivity contribution in [2.75, 3.05) is 26.7 Å². The molecular weight excluding hydrogens is 366 g/mol. The average molecular weight is 393 g/mol. The van der Waals surface area contributed by atoms with Gasteiger partial charge in [0, 0.05) is 35.1 Å². The van der Waals surface area contributed by atoms with E-state index < -0.39 is 5.97 Å². The normalized spacial score (nSPS) is 16.5. The standard InChI is InChI=1S/C15H8O4.C9H20N/c16-13-9-3-1-2-4-10(9)14(17)12-7-8(15(18)19)5-6-11(12)13;1-3-4-7-10(2)8-5-6-9-10/h1-7H,(H,18,19);3-9H2,1-2H3/q;+1/p-1. The molecule has 0 spiro atoms. The number of quaternary nitrogens is 1. The molecule has 2 aliphatic rings. The second-order valence-corrected chi connectivity index (χ2v) is 8.10. The van der Waals surface area contributed by atoms with Gasteiger partial charge in [-0.1, -0.05) is 43.7 Å². The highest BCUT2D eigenvalue weighted by atomic mass is 16.4. The van der Waals surface area contributed by atoms with Crippen LogP contribution >= 0.6 is 0 Å². The molecule has 0 unspecified atom stereocenters. The molecule has 0 bridgehead atoms. The summed E-state index contributed by atoms with van der Waals surface area (Å²) in [7, 11) is 2.41. The maximum absolute atomic E-state index is 12.3. The number of nitrogens with zero attached hydrogens (tertiary/aromatic N) is 1. The van der Waals surface area contributed by atoms with Gasteiger partial charge in [-0.3, -0.25) is 9.59 Å². The maximum atomic E-state index is 12.3. The molecule has 2 aromatic carbocycles. The van der Waals surface area contributed by atoms with Crippen molar-refractivity contribution in [3.63, 3.8) is 0 Å². The number of hydrogen-bond donors (Lipinski definition) is 0. The monoisotopic (exact) mass is 393 g/mol. The molecule has 1 heterocycles. The van der Waals surface area contributed by atoms with Crippen molar-refractivity contribution in [3.05, 3.63) is 70.3 Å². The number of aromatic carboxylic acids is 1. The Morgan fingerprint density at radius 2 is 1.48 bits per heavy atom. The van der Waals surface area contributed by atoms with E-state index in [-0.39, 0.29) is 28.3 Å². The number of carbonyl (C=O) groups is 3. The predicted molar refractivity (Wildman–Crippen MR) is 109 cm³/mol. The van der Waals surface area contributed by atoms with Crippen LogP contribution in [-0.2, 0) is 0 Å². The van der Waals surface area contributed by atoms with E-state index in [2.05, 4.69) is 14.0 Å². The molecule has 0 radical (unpaired) electrons. The lowest BCUT2D eigenvalue weighted by Crippen LogP contribution is -2.41. The Hall–Kier alpha value is -2.79. The topological polar surface area (TPSA) is 74.3 Å². The largest absolute Gasteiger partial charge is 0.545 e. The molecular formula is C24H27NO4. The SMILES string of the molecule is CCCC[N+]1(C)CCCC1.O=C([O-])c1ccc2c(c1)C(=O)c1ccccc1C2=O. The van der Waals surface area contributed by atoms with Gasteiger partial charge >= 0.3 is 0 Å². The van der Waals surface area contributed by atoms with Crippen molar-refractivity contribution in [2.24, 2.45) is 0 Å². The number of likely N-dealkylation sites (tertiary alicyclic amines) is 1. The Kier molecular flexibility index (Phi) is 6.28. The van der Waals surface area contributed by atoms with E-state index in [4.69, 9.17) is 0 Å². The van der Waals surface area contributed by atoms with Crippen LogP contribution in [0.4, 0.5) is 0 Å². The summed E-state index contributed by atoms with van der Waals surface area (Å²) in [6.45, 7) is 6.55. The van der Waals surface area contributed by atoms with E-state index in [1.54, 1.807) is 24.3 Å². The average Bonchev–Trinajstić information content (AvgIpc) is 3.17. The smallest absolute Gasteiger partial charge is 0.194 e. The van der Waals surface area contributed by atoms with E-state index in [0.29, 0.717) is 11.1 Å². The molecule has 0 amide bonds. The Morgan fingerprint density at radius 3 is 2.03 bits per heavy atom. The molecule has 0 atom stereocenters. The third-order valence-electron chi connectivity index (χ3n) is 5.86. The molecule has 29 heavy (non-hydrogen) atoms. The molecule has 2 aromatic rings. The summed E-state index contributed by atoms with van der Waals surface area (Å²) in [6, 6.07) is 10.3. The van der Waals surface area contributed by atoms with Gasteiger partial charge in [0.15, 0.2) is 11.6 Å². The van der Waals surface area contributed by atoms with Crippen LogP contribution in [0.5, 0.6) is 0 Å². The predicted octanol–water partition coefficient (Wildman–Crippen LogP) is 2.85. The number of rotatable bonds is 4. The van der Waals surface area contributed by atoms with Crippen LogP contribution in [0.15, 0.2) is 42.5 Å². The van der Waals surface area contributed by atoms with Gasteiger partial charge in [0.05, 0.1) is 32.7 Å². The first kappa shape index (κ1) is 20.9. The van der Waals surface area contributed by atoms with Crippen molar-refractivity contribution >= 4 is 17.5 Å². The second-order valence-electron chi connectivity index (χ2n) is 8.10. The Labute approximate surface area is 171 Å². The summed E-state index contributed by atoms with van der Waals surface area (Å²) in [6.07, 6.45) is 5.69. The minimum Gasteiger partial charge on any atom is -0.545 e. The molecule has 0 saturated carbocycles. The lowest BCUT2D eigenvalue weighted by atomic mass is 9.83. The first-order valence-electron chi connectivity index (χ1n) is 10.2. The Balaban J connectivity index is 0.000000204. The first-order chi connectivity index (χ1) is 13.9. The van der Waals surface area contributed by atoms with Crippen molar-refractivity contribution in [3.8, 4) is 0 Å². The fourth-order valence-corrected chi connectivity index (χ4v) is 4.09. The third-order valence-corrected chi connectivity index (χ3v) is 5.86. The Bertz CT molecular complexity index is 942. The van der Waals surface area contributed by atoms with Crippen LogP contribution in [0.2, 0.25) is 0 Å². The number of unbranched alkanes of at least 4 members (excludes halogenated alkanes) is 1.